The molecule has 0 aliphatic heterocycles. The monoisotopic (exact) mass is 318 g/mol. The largest absolute Gasteiger partial charge is 0.481 e. The van der Waals surface area contributed by atoms with E-state index in [9.17, 15) is 19.3 Å². The van der Waals surface area contributed by atoms with E-state index in [1.165, 1.54) is 30.3 Å². The van der Waals surface area contributed by atoms with Gasteiger partial charge in [0.05, 0.1) is 11.3 Å². The molecule has 7 heteroatoms. The van der Waals surface area contributed by atoms with Gasteiger partial charge in [0.25, 0.3) is 5.69 Å². The van der Waals surface area contributed by atoms with Crippen LogP contribution in [-0.2, 0) is 11.3 Å². The number of carboxylic acids is 1. The normalized spacial score (nSPS) is 11.9. The molecule has 0 heterocycles. The van der Waals surface area contributed by atoms with Crippen LogP contribution in [-0.4, -0.2) is 16.0 Å². The molecule has 23 heavy (non-hydrogen) atoms. The van der Waals surface area contributed by atoms with Crippen molar-refractivity contribution in [2.75, 3.05) is 0 Å². The van der Waals surface area contributed by atoms with Crippen LogP contribution >= 0.6 is 0 Å². The number of carbonyl (C=O) groups is 1. The summed E-state index contributed by atoms with van der Waals surface area (Å²) < 4.78 is 13.0. The topological polar surface area (TPSA) is 92.5 Å². The summed E-state index contributed by atoms with van der Waals surface area (Å²) in [5, 5.41) is 23.0. The Kier molecular flexibility index (Phi) is 5.37. The van der Waals surface area contributed by atoms with Crippen molar-refractivity contribution in [1.82, 2.24) is 5.32 Å². The number of para-hydroxylation sites is 1. The Morgan fingerprint density at radius 2 is 1.87 bits per heavy atom. The molecule has 0 saturated heterocycles. The van der Waals surface area contributed by atoms with Crippen molar-refractivity contribution in [1.29, 1.82) is 0 Å². The summed E-state index contributed by atoms with van der Waals surface area (Å²) in [5.74, 6) is -1.43. The number of aliphatic carboxylic acids is 1. The number of hydrogen-bond acceptors (Lipinski definition) is 4. The maximum Gasteiger partial charge on any atom is 0.305 e. The molecule has 0 bridgehead atoms. The van der Waals surface area contributed by atoms with E-state index in [2.05, 4.69) is 5.32 Å². The summed E-state index contributed by atoms with van der Waals surface area (Å²) >= 11 is 0. The average molecular weight is 318 g/mol. The third-order valence-electron chi connectivity index (χ3n) is 3.38. The van der Waals surface area contributed by atoms with Gasteiger partial charge in [-0.3, -0.25) is 14.9 Å². The van der Waals surface area contributed by atoms with Crippen molar-refractivity contribution in [2.45, 2.75) is 19.0 Å². The predicted octanol–water partition coefficient (Wildman–Crippen LogP) is 3.04. The molecule has 0 fully saturated rings. The molecule has 0 aliphatic carbocycles. The Morgan fingerprint density at radius 3 is 2.48 bits per heavy atom. The van der Waals surface area contributed by atoms with Gasteiger partial charge in [-0.25, -0.2) is 4.39 Å². The number of rotatable bonds is 7. The number of hydrogen-bond donors (Lipinski definition) is 2. The Hall–Kier alpha value is -2.80. The fourth-order valence-electron chi connectivity index (χ4n) is 2.25. The van der Waals surface area contributed by atoms with Gasteiger partial charge in [-0.1, -0.05) is 30.3 Å². The molecular weight excluding hydrogens is 303 g/mol. The van der Waals surface area contributed by atoms with Gasteiger partial charge in [-0.05, 0) is 17.7 Å². The van der Waals surface area contributed by atoms with Crippen molar-refractivity contribution >= 4 is 11.7 Å². The Labute approximate surface area is 131 Å². The van der Waals surface area contributed by atoms with Crippen molar-refractivity contribution in [3.63, 3.8) is 0 Å². The lowest BCUT2D eigenvalue weighted by Crippen LogP contribution is -2.24. The highest BCUT2D eigenvalue weighted by molar-refractivity contribution is 5.68. The lowest BCUT2D eigenvalue weighted by atomic mass is 10.0. The van der Waals surface area contributed by atoms with Gasteiger partial charge in [0.1, 0.15) is 5.82 Å². The molecule has 0 aliphatic rings. The Bertz CT molecular complexity index is 703. The van der Waals surface area contributed by atoms with E-state index in [4.69, 9.17) is 5.11 Å². The first-order valence-electron chi connectivity index (χ1n) is 6.90. The van der Waals surface area contributed by atoms with Gasteiger partial charge in [0, 0.05) is 24.2 Å². The number of halogens is 1. The molecule has 0 saturated carbocycles. The zero-order chi connectivity index (χ0) is 16.8. The van der Waals surface area contributed by atoms with Crippen molar-refractivity contribution in [3.8, 4) is 0 Å². The van der Waals surface area contributed by atoms with E-state index in [0.717, 1.165) is 0 Å². The first kappa shape index (κ1) is 16.6. The van der Waals surface area contributed by atoms with E-state index in [-0.39, 0.29) is 18.7 Å². The number of nitrogens with zero attached hydrogens (tertiary/aromatic N) is 1. The lowest BCUT2D eigenvalue weighted by molar-refractivity contribution is -0.385. The molecule has 6 nitrogen and oxygen atoms in total. The minimum Gasteiger partial charge on any atom is -0.481 e. The highest BCUT2D eigenvalue weighted by Crippen LogP contribution is 2.21. The minimum atomic E-state index is -1.02. The molecule has 0 spiro atoms. The van der Waals surface area contributed by atoms with Crippen LogP contribution in [0, 0.1) is 15.9 Å². The van der Waals surface area contributed by atoms with Crippen LogP contribution in [0.1, 0.15) is 23.6 Å². The maximum atomic E-state index is 13.0. The van der Waals surface area contributed by atoms with Crippen LogP contribution in [0.3, 0.4) is 0 Å². The molecule has 2 N–H and O–H groups in total. The van der Waals surface area contributed by atoms with Gasteiger partial charge < -0.3 is 10.4 Å². The second-order valence-electron chi connectivity index (χ2n) is 4.97. The molecule has 0 radical (unpaired) electrons. The van der Waals surface area contributed by atoms with Crippen molar-refractivity contribution in [3.05, 3.63) is 75.6 Å². The maximum absolute atomic E-state index is 13.0. The van der Waals surface area contributed by atoms with Crippen molar-refractivity contribution in [2.24, 2.45) is 0 Å². The SMILES string of the molecule is O=C(O)C[C@H](NCc1ccccc1[N+](=O)[O-])c1ccc(F)cc1. The highest BCUT2D eigenvalue weighted by Gasteiger charge is 2.18. The average Bonchev–Trinajstić information content (AvgIpc) is 2.52. The van der Waals surface area contributed by atoms with E-state index < -0.39 is 22.8 Å². The van der Waals surface area contributed by atoms with Gasteiger partial charge in [-0.2, -0.15) is 0 Å². The molecule has 1 atom stereocenters. The van der Waals surface area contributed by atoms with Crippen molar-refractivity contribution < 1.29 is 19.2 Å². The number of nitro benzene ring substituents is 1. The number of benzene rings is 2. The zero-order valence-electron chi connectivity index (χ0n) is 12.1. The molecule has 2 aromatic rings. The van der Waals surface area contributed by atoms with Crippen LogP contribution in [0.5, 0.6) is 0 Å². The first-order chi connectivity index (χ1) is 11.0. The summed E-state index contributed by atoms with van der Waals surface area (Å²) in [7, 11) is 0. The predicted molar refractivity (Wildman–Crippen MR) is 81.3 cm³/mol. The quantitative estimate of drug-likeness (QED) is 0.604. The van der Waals surface area contributed by atoms with Gasteiger partial charge >= 0.3 is 5.97 Å². The molecule has 0 aromatic heterocycles. The summed E-state index contributed by atoms with van der Waals surface area (Å²) in [6.07, 6.45) is -0.216. The van der Waals surface area contributed by atoms with Crippen LogP contribution in [0.15, 0.2) is 48.5 Å². The summed E-state index contributed by atoms with van der Waals surface area (Å²) in [5.41, 5.74) is 1.02. The third kappa shape index (κ3) is 4.58. The van der Waals surface area contributed by atoms with Gasteiger partial charge in [-0.15, -0.1) is 0 Å². The fraction of sp³-hybridized carbons (Fsp3) is 0.188. The smallest absolute Gasteiger partial charge is 0.305 e. The summed E-state index contributed by atoms with van der Waals surface area (Å²) in [6, 6.07) is 11.1. The summed E-state index contributed by atoms with van der Waals surface area (Å²) in [4.78, 5) is 21.5. The van der Waals surface area contributed by atoms with E-state index in [0.29, 0.717) is 11.1 Å². The van der Waals surface area contributed by atoms with E-state index in [1.807, 2.05) is 0 Å². The Morgan fingerprint density at radius 1 is 1.22 bits per heavy atom. The molecule has 0 unspecified atom stereocenters. The van der Waals surface area contributed by atoms with Gasteiger partial charge in [0.2, 0.25) is 0 Å². The standard InChI is InChI=1S/C16H15FN2O4/c17-13-7-5-11(6-8-13)14(9-16(20)21)18-10-12-3-1-2-4-15(12)19(22)23/h1-8,14,18H,9-10H2,(H,20,21)/t14-/m0/s1. The van der Waals surface area contributed by atoms with Gasteiger partial charge in [0.15, 0.2) is 0 Å². The number of nitrogens with one attached hydrogen (secondary N) is 1. The van der Waals surface area contributed by atoms with Crippen LogP contribution < -0.4 is 5.32 Å². The molecule has 0 amide bonds. The molecule has 2 aromatic carbocycles. The van der Waals surface area contributed by atoms with Crippen LogP contribution in [0.2, 0.25) is 0 Å². The molecule has 2 rings (SSSR count). The minimum absolute atomic E-state index is 0.0341. The third-order valence-corrected chi connectivity index (χ3v) is 3.38. The second-order valence-corrected chi connectivity index (χ2v) is 4.97. The number of carboxylic acid groups (broad SMARTS) is 1. The first-order valence-corrected chi connectivity index (χ1v) is 6.90. The highest BCUT2D eigenvalue weighted by atomic mass is 19.1. The second kappa shape index (κ2) is 7.46. The van der Waals surface area contributed by atoms with E-state index in [1.54, 1.807) is 18.2 Å². The fourth-order valence-corrected chi connectivity index (χ4v) is 2.25. The molecular formula is C16H15FN2O4. The Balaban J connectivity index is 2.17. The van der Waals surface area contributed by atoms with Crippen LogP contribution in [0.4, 0.5) is 10.1 Å². The number of nitro groups is 1. The van der Waals surface area contributed by atoms with E-state index >= 15 is 0 Å². The van der Waals surface area contributed by atoms with Crippen LogP contribution in [0.25, 0.3) is 0 Å². The lowest BCUT2D eigenvalue weighted by Gasteiger charge is -2.17. The molecule has 120 valence electrons. The summed E-state index contributed by atoms with van der Waals surface area (Å²) in [6.45, 7) is 0.131. The zero-order valence-corrected chi connectivity index (χ0v) is 12.1.